The van der Waals surface area contributed by atoms with E-state index < -0.39 is 0 Å². The lowest BCUT2D eigenvalue weighted by atomic mass is 10.2. The largest absolute Gasteiger partial charge is 0.495 e. The van der Waals surface area contributed by atoms with Crippen molar-refractivity contribution in [1.82, 2.24) is 4.98 Å². The summed E-state index contributed by atoms with van der Waals surface area (Å²) in [6, 6.07) is 9.11. The van der Waals surface area contributed by atoms with Crippen molar-refractivity contribution >= 4 is 5.69 Å². The van der Waals surface area contributed by atoms with Crippen LogP contribution < -0.4 is 15.2 Å². The molecule has 0 fully saturated rings. The third-order valence-electron chi connectivity index (χ3n) is 2.49. The van der Waals surface area contributed by atoms with Crippen molar-refractivity contribution in [3.05, 3.63) is 41.7 Å². The van der Waals surface area contributed by atoms with E-state index in [4.69, 9.17) is 15.2 Å². The first-order chi connectivity index (χ1) is 8.58. The monoisotopic (exact) mass is 244 g/mol. The normalized spacial score (nSPS) is 10.2. The molecule has 18 heavy (non-hydrogen) atoms. The fraction of sp³-hybridized carbons (Fsp3) is 0.214. The highest BCUT2D eigenvalue weighted by Crippen LogP contribution is 2.29. The Labute approximate surface area is 106 Å². The maximum absolute atomic E-state index is 5.83. The molecular weight excluding hydrogens is 228 g/mol. The van der Waals surface area contributed by atoms with Gasteiger partial charge in [0.05, 0.1) is 12.8 Å². The first-order valence-corrected chi connectivity index (χ1v) is 5.65. The summed E-state index contributed by atoms with van der Waals surface area (Å²) in [6.07, 6.45) is 0. The molecule has 2 rings (SSSR count). The Morgan fingerprint density at radius 3 is 2.22 bits per heavy atom. The topological polar surface area (TPSA) is 57.4 Å². The molecule has 0 saturated carbocycles. The van der Waals surface area contributed by atoms with Crippen LogP contribution in [0.3, 0.4) is 0 Å². The SMILES string of the molecule is COc1ccc(Oc2cc(C)nc(C)c2)cc1N. The van der Waals surface area contributed by atoms with Crippen molar-refractivity contribution < 1.29 is 9.47 Å². The van der Waals surface area contributed by atoms with Crippen LogP contribution in [0.5, 0.6) is 17.2 Å². The number of rotatable bonds is 3. The molecule has 0 bridgehead atoms. The lowest BCUT2D eigenvalue weighted by Gasteiger charge is -2.10. The number of aromatic nitrogens is 1. The number of nitrogens with zero attached hydrogens (tertiary/aromatic N) is 1. The first-order valence-electron chi connectivity index (χ1n) is 5.65. The van der Waals surface area contributed by atoms with Gasteiger partial charge in [0.1, 0.15) is 17.2 Å². The highest BCUT2D eigenvalue weighted by atomic mass is 16.5. The first kappa shape index (κ1) is 12.2. The maximum atomic E-state index is 5.83. The standard InChI is InChI=1S/C14H16N2O2/c1-9-6-12(7-10(2)16-9)18-11-4-5-14(17-3)13(15)8-11/h4-8H,15H2,1-3H3. The quantitative estimate of drug-likeness (QED) is 0.843. The highest BCUT2D eigenvalue weighted by Gasteiger charge is 2.04. The van der Waals surface area contributed by atoms with E-state index in [-0.39, 0.29) is 0 Å². The predicted molar refractivity (Wildman–Crippen MR) is 71.2 cm³/mol. The van der Waals surface area contributed by atoms with Gasteiger partial charge in [0.15, 0.2) is 0 Å². The van der Waals surface area contributed by atoms with Gasteiger partial charge < -0.3 is 15.2 Å². The number of benzene rings is 1. The van der Waals surface area contributed by atoms with Crippen LogP contribution in [0.4, 0.5) is 5.69 Å². The Bertz CT molecular complexity index is 547. The third-order valence-corrected chi connectivity index (χ3v) is 2.49. The van der Waals surface area contributed by atoms with Crippen LogP contribution in [0.25, 0.3) is 0 Å². The molecule has 94 valence electrons. The van der Waals surface area contributed by atoms with Crippen LogP contribution in [0.15, 0.2) is 30.3 Å². The number of nitrogen functional groups attached to an aromatic ring is 1. The van der Waals surface area contributed by atoms with E-state index in [1.54, 1.807) is 19.2 Å². The van der Waals surface area contributed by atoms with Crippen molar-refractivity contribution in [2.75, 3.05) is 12.8 Å². The average molecular weight is 244 g/mol. The minimum absolute atomic E-state index is 0.553. The Kier molecular flexibility index (Phi) is 3.37. The summed E-state index contributed by atoms with van der Waals surface area (Å²) in [5, 5.41) is 0. The van der Waals surface area contributed by atoms with Gasteiger partial charge in [0.25, 0.3) is 0 Å². The molecule has 0 atom stereocenters. The van der Waals surface area contributed by atoms with Crippen molar-refractivity contribution in [1.29, 1.82) is 0 Å². The van der Waals surface area contributed by atoms with Gasteiger partial charge in [-0.3, -0.25) is 4.98 Å². The van der Waals surface area contributed by atoms with Crippen molar-refractivity contribution in [3.8, 4) is 17.2 Å². The Hall–Kier alpha value is -2.23. The molecule has 2 aromatic rings. The van der Waals surface area contributed by atoms with Crippen LogP contribution in [0, 0.1) is 13.8 Å². The van der Waals surface area contributed by atoms with Crippen LogP contribution in [-0.2, 0) is 0 Å². The molecule has 2 N–H and O–H groups in total. The van der Waals surface area contributed by atoms with Crippen molar-refractivity contribution in [3.63, 3.8) is 0 Å². The number of methoxy groups -OCH3 is 1. The van der Waals surface area contributed by atoms with Gasteiger partial charge >= 0.3 is 0 Å². The molecule has 0 aliphatic heterocycles. The summed E-state index contributed by atoms with van der Waals surface area (Å²) < 4.78 is 10.8. The Morgan fingerprint density at radius 1 is 1.00 bits per heavy atom. The number of nitrogens with two attached hydrogens (primary N) is 1. The molecule has 0 spiro atoms. The van der Waals surface area contributed by atoms with E-state index in [1.165, 1.54) is 0 Å². The van der Waals surface area contributed by atoms with E-state index in [2.05, 4.69) is 4.98 Å². The molecule has 0 radical (unpaired) electrons. The lowest BCUT2D eigenvalue weighted by Crippen LogP contribution is -1.94. The number of hydrogen-bond acceptors (Lipinski definition) is 4. The molecule has 4 heteroatoms. The van der Waals surface area contributed by atoms with Crippen molar-refractivity contribution in [2.24, 2.45) is 0 Å². The number of hydrogen-bond donors (Lipinski definition) is 1. The van der Waals surface area contributed by atoms with Crippen LogP contribution in [-0.4, -0.2) is 12.1 Å². The molecule has 0 aliphatic carbocycles. The molecule has 0 unspecified atom stereocenters. The van der Waals surface area contributed by atoms with E-state index in [0.29, 0.717) is 17.2 Å². The molecule has 1 aromatic carbocycles. The van der Waals surface area contributed by atoms with Gasteiger partial charge in [-0.1, -0.05) is 0 Å². The second-order valence-electron chi connectivity index (χ2n) is 4.09. The fourth-order valence-electron chi connectivity index (χ4n) is 1.77. The van der Waals surface area contributed by atoms with E-state index in [9.17, 15) is 0 Å². The highest BCUT2D eigenvalue weighted by molar-refractivity contribution is 5.56. The summed E-state index contributed by atoms with van der Waals surface area (Å²) in [5.74, 6) is 2.08. The van der Waals surface area contributed by atoms with Gasteiger partial charge in [-0.2, -0.15) is 0 Å². The zero-order valence-electron chi connectivity index (χ0n) is 10.7. The van der Waals surface area contributed by atoms with Crippen LogP contribution >= 0.6 is 0 Å². The predicted octanol–water partition coefficient (Wildman–Crippen LogP) is 3.08. The second-order valence-corrected chi connectivity index (χ2v) is 4.09. The maximum Gasteiger partial charge on any atom is 0.142 e. The summed E-state index contributed by atoms with van der Waals surface area (Å²) in [7, 11) is 1.59. The van der Waals surface area contributed by atoms with E-state index in [0.717, 1.165) is 17.1 Å². The summed E-state index contributed by atoms with van der Waals surface area (Å²) in [6.45, 7) is 3.87. The zero-order valence-corrected chi connectivity index (χ0v) is 10.7. The number of aryl methyl sites for hydroxylation is 2. The van der Waals surface area contributed by atoms with Gasteiger partial charge in [-0.15, -0.1) is 0 Å². The van der Waals surface area contributed by atoms with Gasteiger partial charge in [-0.05, 0) is 26.0 Å². The Balaban J connectivity index is 2.25. The van der Waals surface area contributed by atoms with Crippen LogP contribution in [0.1, 0.15) is 11.4 Å². The van der Waals surface area contributed by atoms with E-state index in [1.807, 2.05) is 32.0 Å². The van der Waals surface area contributed by atoms with Gasteiger partial charge in [0, 0.05) is 29.6 Å². The fourth-order valence-corrected chi connectivity index (χ4v) is 1.77. The molecule has 0 amide bonds. The zero-order chi connectivity index (χ0) is 13.1. The van der Waals surface area contributed by atoms with Crippen molar-refractivity contribution in [2.45, 2.75) is 13.8 Å². The molecular formula is C14H16N2O2. The summed E-state index contributed by atoms with van der Waals surface area (Å²) in [5.41, 5.74) is 8.23. The Morgan fingerprint density at radius 2 is 1.67 bits per heavy atom. The molecule has 4 nitrogen and oxygen atoms in total. The molecule has 1 aromatic heterocycles. The molecule has 0 aliphatic rings. The number of pyridine rings is 1. The molecule has 1 heterocycles. The smallest absolute Gasteiger partial charge is 0.142 e. The summed E-state index contributed by atoms with van der Waals surface area (Å²) in [4.78, 5) is 4.30. The van der Waals surface area contributed by atoms with Gasteiger partial charge in [0.2, 0.25) is 0 Å². The minimum Gasteiger partial charge on any atom is -0.495 e. The number of anilines is 1. The average Bonchev–Trinajstić information content (AvgIpc) is 2.27. The third kappa shape index (κ3) is 2.71. The lowest BCUT2D eigenvalue weighted by molar-refractivity contribution is 0.415. The van der Waals surface area contributed by atoms with E-state index >= 15 is 0 Å². The second kappa shape index (κ2) is 4.96. The van der Waals surface area contributed by atoms with Gasteiger partial charge in [-0.25, -0.2) is 0 Å². The number of ether oxygens (including phenoxy) is 2. The minimum atomic E-state index is 0.553. The molecule has 0 saturated heterocycles. The summed E-state index contributed by atoms with van der Waals surface area (Å²) >= 11 is 0. The van der Waals surface area contributed by atoms with Crippen LogP contribution in [0.2, 0.25) is 0 Å².